The Bertz CT molecular complexity index is 534. The van der Waals surface area contributed by atoms with Gasteiger partial charge in [-0.3, -0.25) is 0 Å². The van der Waals surface area contributed by atoms with Crippen LogP contribution < -0.4 is 5.32 Å². The second kappa shape index (κ2) is 8.23. The van der Waals surface area contributed by atoms with E-state index >= 15 is 0 Å². The fraction of sp³-hybridized carbons (Fsp3) is 0.412. The molecule has 0 amide bonds. The van der Waals surface area contributed by atoms with E-state index in [0.717, 1.165) is 35.0 Å². The summed E-state index contributed by atoms with van der Waals surface area (Å²) in [5, 5.41) is 4.13. The third-order valence-corrected chi connectivity index (χ3v) is 3.27. The number of hydrogen-bond donors (Lipinski definition) is 1. The summed E-state index contributed by atoms with van der Waals surface area (Å²) in [5.74, 6) is 1.50. The summed E-state index contributed by atoms with van der Waals surface area (Å²) in [7, 11) is 0. The molecule has 0 bridgehead atoms. The first kappa shape index (κ1) is 16.1. The Kier molecular flexibility index (Phi) is 6.30. The molecule has 0 aliphatic rings. The molecular formula is C17H22ClNO2. The van der Waals surface area contributed by atoms with E-state index in [0.29, 0.717) is 19.1 Å². The summed E-state index contributed by atoms with van der Waals surface area (Å²) in [5.41, 5.74) is 2.26. The van der Waals surface area contributed by atoms with Crippen LogP contribution in [-0.4, -0.2) is 6.54 Å². The van der Waals surface area contributed by atoms with Crippen LogP contribution in [0.3, 0.4) is 0 Å². The van der Waals surface area contributed by atoms with Crippen molar-refractivity contribution in [2.75, 3.05) is 6.54 Å². The number of furan rings is 1. The first-order valence-electron chi connectivity index (χ1n) is 7.22. The van der Waals surface area contributed by atoms with Crippen molar-refractivity contribution >= 4 is 11.6 Å². The maximum absolute atomic E-state index is 5.84. The van der Waals surface area contributed by atoms with Crippen LogP contribution in [0.15, 0.2) is 41.0 Å². The van der Waals surface area contributed by atoms with Crippen molar-refractivity contribution in [2.45, 2.75) is 33.6 Å². The zero-order valence-corrected chi connectivity index (χ0v) is 13.3. The summed E-state index contributed by atoms with van der Waals surface area (Å²) in [6.07, 6.45) is 1.79. The molecule has 0 aliphatic carbocycles. The van der Waals surface area contributed by atoms with Gasteiger partial charge in [-0.15, -0.1) is 0 Å². The van der Waals surface area contributed by atoms with Gasteiger partial charge in [0.2, 0.25) is 0 Å². The van der Waals surface area contributed by atoms with Gasteiger partial charge in [0.15, 0.2) is 0 Å². The zero-order chi connectivity index (χ0) is 15.1. The SMILES string of the molecule is CC(C)CNCc1coc(COCc2ccc(Cl)cc2)c1. The molecule has 0 radical (unpaired) electrons. The van der Waals surface area contributed by atoms with Crippen molar-refractivity contribution in [1.82, 2.24) is 5.32 Å². The van der Waals surface area contributed by atoms with Crippen LogP contribution in [0.4, 0.5) is 0 Å². The first-order valence-corrected chi connectivity index (χ1v) is 7.60. The van der Waals surface area contributed by atoms with Gasteiger partial charge in [0.25, 0.3) is 0 Å². The lowest BCUT2D eigenvalue weighted by molar-refractivity contribution is 0.0929. The molecule has 0 unspecified atom stereocenters. The molecule has 0 saturated carbocycles. The van der Waals surface area contributed by atoms with Crippen molar-refractivity contribution in [3.63, 3.8) is 0 Å². The van der Waals surface area contributed by atoms with E-state index in [1.165, 1.54) is 0 Å². The Morgan fingerprint density at radius 1 is 1.14 bits per heavy atom. The minimum Gasteiger partial charge on any atom is -0.467 e. The summed E-state index contributed by atoms with van der Waals surface area (Å²) in [6.45, 7) is 7.26. The van der Waals surface area contributed by atoms with Crippen LogP contribution in [0.2, 0.25) is 5.02 Å². The van der Waals surface area contributed by atoms with Crippen LogP contribution in [0.25, 0.3) is 0 Å². The molecule has 1 aromatic carbocycles. The number of hydrogen-bond acceptors (Lipinski definition) is 3. The van der Waals surface area contributed by atoms with Gasteiger partial charge >= 0.3 is 0 Å². The quantitative estimate of drug-likeness (QED) is 0.785. The van der Waals surface area contributed by atoms with E-state index in [9.17, 15) is 0 Å². The number of nitrogens with one attached hydrogen (secondary N) is 1. The fourth-order valence-electron chi connectivity index (χ4n) is 1.95. The minimum absolute atomic E-state index is 0.479. The number of ether oxygens (including phenoxy) is 1. The van der Waals surface area contributed by atoms with E-state index in [1.54, 1.807) is 6.26 Å². The third-order valence-electron chi connectivity index (χ3n) is 3.02. The molecule has 0 spiro atoms. The molecule has 0 atom stereocenters. The average molecular weight is 308 g/mol. The van der Waals surface area contributed by atoms with Gasteiger partial charge in [-0.2, -0.15) is 0 Å². The van der Waals surface area contributed by atoms with Gasteiger partial charge < -0.3 is 14.5 Å². The molecule has 1 heterocycles. The highest BCUT2D eigenvalue weighted by Gasteiger charge is 2.03. The van der Waals surface area contributed by atoms with Gasteiger partial charge in [0.1, 0.15) is 12.4 Å². The molecule has 3 nitrogen and oxygen atoms in total. The molecule has 2 aromatic rings. The Labute approximate surface area is 131 Å². The molecule has 0 fully saturated rings. The summed E-state index contributed by atoms with van der Waals surface area (Å²) in [4.78, 5) is 0. The van der Waals surface area contributed by atoms with E-state index in [4.69, 9.17) is 20.8 Å². The van der Waals surface area contributed by atoms with Gasteiger partial charge in [0.05, 0.1) is 12.9 Å². The van der Waals surface area contributed by atoms with E-state index in [2.05, 4.69) is 19.2 Å². The second-order valence-electron chi connectivity index (χ2n) is 5.57. The molecule has 114 valence electrons. The van der Waals surface area contributed by atoms with Crippen LogP contribution in [-0.2, 0) is 24.5 Å². The van der Waals surface area contributed by atoms with Gasteiger partial charge in [0, 0.05) is 17.1 Å². The topological polar surface area (TPSA) is 34.4 Å². The Hall–Kier alpha value is -1.29. The summed E-state index contributed by atoms with van der Waals surface area (Å²) < 4.78 is 11.1. The van der Waals surface area contributed by atoms with Crippen molar-refractivity contribution in [2.24, 2.45) is 5.92 Å². The molecule has 4 heteroatoms. The molecular weight excluding hydrogens is 286 g/mol. The first-order chi connectivity index (χ1) is 10.1. The number of benzene rings is 1. The minimum atomic E-state index is 0.479. The molecule has 1 N–H and O–H groups in total. The highest BCUT2D eigenvalue weighted by Crippen LogP contribution is 2.13. The van der Waals surface area contributed by atoms with Gasteiger partial charge in [-0.05, 0) is 36.2 Å². The Balaban J connectivity index is 1.71. The lowest BCUT2D eigenvalue weighted by atomic mass is 10.2. The largest absolute Gasteiger partial charge is 0.467 e. The highest BCUT2D eigenvalue weighted by atomic mass is 35.5. The van der Waals surface area contributed by atoms with Crippen molar-refractivity contribution in [3.8, 4) is 0 Å². The summed E-state index contributed by atoms with van der Waals surface area (Å²) in [6, 6.07) is 9.70. The summed E-state index contributed by atoms with van der Waals surface area (Å²) >= 11 is 5.84. The standard InChI is InChI=1S/C17H22ClNO2/c1-13(2)8-19-9-15-7-17(21-11-15)12-20-10-14-3-5-16(18)6-4-14/h3-7,11,13,19H,8-10,12H2,1-2H3. The maximum Gasteiger partial charge on any atom is 0.129 e. The lowest BCUT2D eigenvalue weighted by Gasteiger charge is -2.04. The lowest BCUT2D eigenvalue weighted by Crippen LogP contribution is -2.18. The Morgan fingerprint density at radius 3 is 2.62 bits per heavy atom. The van der Waals surface area contributed by atoms with E-state index in [1.807, 2.05) is 30.3 Å². The van der Waals surface area contributed by atoms with Gasteiger partial charge in [-0.25, -0.2) is 0 Å². The van der Waals surface area contributed by atoms with E-state index < -0.39 is 0 Å². The van der Waals surface area contributed by atoms with Crippen LogP contribution >= 0.6 is 11.6 Å². The molecule has 0 saturated heterocycles. The van der Waals surface area contributed by atoms with Crippen molar-refractivity contribution in [3.05, 3.63) is 58.5 Å². The van der Waals surface area contributed by atoms with Crippen LogP contribution in [0.1, 0.15) is 30.7 Å². The van der Waals surface area contributed by atoms with Crippen molar-refractivity contribution in [1.29, 1.82) is 0 Å². The predicted octanol–water partition coefficient (Wildman–Crippen LogP) is 4.40. The average Bonchev–Trinajstić information content (AvgIpc) is 2.88. The third kappa shape index (κ3) is 5.92. The van der Waals surface area contributed by atoms with E-state index in [-0.39, 0.29) is 0 Å². The highest BCUT2D eigenvalue weighted by molar-refractivity contribution is 6.30. The second-order valence-corrected chi connectivity index (χ2v) is 6.00. The smallest absolute Gasteiger partial charge is 0.129 e. The maximum atomic E-state index is 5.84. The van der Waals surface area contributed by atoms with Crippen molar-refractivity contribution < 1.29 is 9.15 Å². The van der Waals surface area contributed by atoms with Crippen LogP contribution in [0, 0.1) is 5.92 Å². The number of rotatable bonds is 8. The van der Waals surface area contributed by atoms with Gasteiger partial charge in [-0.1, -0.05) is 37.6 Å². The predicted molar refractivity (Wildman–Crippen MR) is 85.2 cm³/mol. The number of halogens is 1. The molecule has 2 rings (SSSR count). The molecule has 21 heavy (non-hydrogen) atoms. The molecule has 0 aliphatic heterocycles. The zero-order valence-electron chi connectivity index (χ0n) is 12.6. The normalized spacial score (nSPS) is 11.2. The fourth-order valence-corrected chi connectivity index (χ4v) is 2.08. The Morgan fingerprint density at radius 2 is 1.90 bits per heavy atom. The molecule has 1 aromatic heterocycles. The van der Waals surface area contributed by atoms with Crippen LogP contribution in [0.5, 0.6) is 0 Å². The monoisotopic (exact) mass is 307 g/mol.